The van der Waals surface area contributed by atoms with Crippen LogP contribution >= 0.6 is 15.9 Å². The Labute approximate surface area is 129 Å². The quantitative estimate of drug-likeness (QED) is 0.560. The fourth-order valence-electron chi connectivity index (χ4n) is 2.40. The summed E-state index contributed by atoms with van der Waals surface area (Å²) in [5.41, 5.74) is 2.98. The number of hydrogen-bond acceptors (Lipinski definition) is 3. The molecule has 2 N–H and O–H groups in total. The second-order valence-electron chi connectivity index (χ2n) is 4.79. The molecule has 0 aliphatic carbocycles. The van der Waals surface area contributed by atoms with Crippen molar-refractivity contribution in [2.24, 2.45) is 0 Å². The molecule has 0 bridgehead atoms. The number of nitrogens with zero attached hydrogens (tertiary/aromatic N) is 2. The van der Waals surface area contributed by atoms with Crippen LogP contribution in [0.4, 0.5) is 11.5 Å². The van der Waals surface area contributed by atoms with E-state index in [2.05, 4.69) is 42.3 Å². The van der Waals surface area contributed by atoms with Gasteiger partial charge in [-0.15, -0.1) is 0 Å². The van der Waals surface area contributed by atoms with Crippen LogP contribution in [0, 0.1) is 0 Å². The SMILES string of the molecule is Brc1cccc(Nc2nc[nH]c3cc4nccc4cc23)c1. The molecule has 21 heavy (non-hydrogen) atoms. The van der Waals surface area contributed by atoms with E-state index in [1.165, 1.54) is 0 Å². The molecule has 0 aliphatic heterocycles. The highest BCUT2D eigenvalue weighted by atomic mass is 79.9. The van der Waals surface area contributed by atoms with E-state index in [4.69, 9.17) is 0 Å². The van der Waals surface area contributed by atoms with E-state index in [0.29, 0.717) is 0 Å². The average Bonchev–Trinajstić information content (AvgIpc) is 2.93. The van der Waals surface area contributed by atoms with Crippen LogP contribution in [-0.4, -0.2) is 15.0 Å². The summed E-state index contributed by atoms with van der Waals surface area (Å²) < 4.78 is 1.03. The van der Waals surface area contributed by atoms with Gasteiger partial charge in [-0.3, -0.25) is 4.98 Å². The first-order valence-corrected chi connectivity index (χ1v) is 7.33. The fraction of sp³-hybridized carbons (Fsp3) is 0. The summed E-state index contributed by atoms with van der Waals surface area (Å²) in [4.78, 5) is 11.9. The first kappa shape index (κ1) is 12.3. The Kier molecular flexibility index (Phi) is 2.86. The van der Waals surface area contributed by atoms with Gasteiger partial charge in [-0.1, -0.05) is 22.0 Å². The predicted molar refractivity (Wildman–Crippen MR) is 88.8 cm³/mol. The van der Waals surface area contributed by atoms with Crippen molar-refractivity contribution >= 4 is 49.2 Å². The maximum atomic E-state index is 4.42. The molecule has 4 nitrogen and oxygen atoms in total. The third kappa shape index (κ3) is 2.25. The van der Waals surface area contributed by atoms with E-state index < -0.39 is 0 Å². The van der Waals surface area contributed by atoms with Gasteiger partial charge in [0.25, 0.3) is 0 Å². The maximum Gasteiger partial charge on any atom is 0.141 e. The minimum Gasteiger partial charge on any atom is -0.346 e. The standard InChI is InChI=1S/C16H11BrN4/c17-11-2-1-3-12(7-11)21-16-13-6-10-4-5-18-14(10)8-15(13)19-9-20-16/h1-9,21H,(H,19,20). The summed E-state index contributed by atoms with van der Waals surface area (Å²) in [6.45, 7) is 0. The van der Waals surface area contributed by atoms with Crippen molar-refractivity contribution in [2.45, 2.75) is 0 Å². The lowest BCUT2D eigenvalue weighted by Gasteiger charge is -2.09. The zero-order valence-corrected chi connectivity index (χ0v) is 12.6. The second kappa shape index (κ2) is 4.86. The normalized spacial score (nSPS) is 11.1. The number of benzene rings is 2. The lowest BCUT2D eigenvalue weighted by Crippen LogP contribution is -1.96. The van der Waals surface area contributed by atoms with Crippen LogP contribution in [-0.2, 0) is 0 Å². The Morgan fingerprint density at radius 3 is 2.90 bits per heavy atom. The van der Waals surface area contributed by atoms with Crippen molar-refractivity contribution in [1.82, 2.24) is 15.0 Å². The number of H-pyrrole nitrogens is 1. The van der Waals surface area contributed by atoms with Crippen molar-refractivity contribution in [3.05, 3.63) is 59.5 Å². The number of aromatic nitrogens is 3. The van der Waals surface area contributed by atoms with Crippen molar-refractivity contribution in [2.75, 3.05) is 5.32 Å². The van der Waals surface area contributed by atoms with Gasteiger partial charge in [0.1, 0.15) is 5.82 Å². The van der Waals surface area contributed by atoms with Crippen molar-refractivity contribution < 1.29 is 0 Å². The molecule has 0 unspecified atom stereocenters. The molecule has 102 valence electrons. The number of aromatic amines is 1. The van der Waals surface area contributed by atoms with Gasteiger partial charge in [-0.25, -0.2) is 4.98 Å². The molecule has 0 atom stereocenters. The topological polar surface area (TPSA) is 53.6 Å². The molecule has 0 radical (unpaired) electrons. The van der Waals surface area contributed by atoms with Crippen LogP contribution in [0.25, 0.3) is 21.8 Å². The van der Waals surface area contributed by atoms with Crippen LogP contribution in [0.15, 0.2) is 59.5 Å². The number of hydrogen-bond donors (Lipinski definition) is 2. The highest BCUT2D eigenvalue weighted by Crippen LogP contribution is 2.27. The lowest BCUT2D eigenvalue weighted by molar-refractivity contribution is 1.22. The number of halogens is 1. The summed E-state index contributed by atoms with van der Waals surface area (Å²) >= 11 is 3.48. The summed E-state index contributed by atoms with van der Waals surface area (Å²) in [6.07, 6.45) is 3.51. The van der Waals surface area contributed by atoms with Crippen LogP contribution in [0.3, 0.4) is 0 Å². The van der Waals surface area contributed by atoms with Crippen molar-refractivity contribution in [3.63, 3.8) is 0 Å². The Morgan fingerprint density at radius 1 is 1.05 bits per heavy atom. The summed E-state index contributed by atoms with van der Waals surface area (Å²) in [7, 11) is 0. The monoisotopic (exact) mass is 338 g/mol. The highest BCUT2D eigenvalue weighted by Gasteiger charge is 2.06. The molecule has 0 fully saturated rings. The van der Waals surface area contributed by atoms with Gasteiger partial charge >= 0.3 is 0 Å². The zero-order chi connectivity index (χ0) is 14.2. The van der Waals surface area contributed by atoms with E-state index >= 15 is 0 Å². The number of nitrogens with one attached hydrogen (secondary N) is 2. The van der Waals surface area contributed by atoms with Gasteiger partial charge in [-0.05, 0) is 36.4 Å². The minimum atomic E-state index is 0.824. The number of anilines is 2. The van der Waals surface area contributed by atoms with Gasteiger partial charge in [0.2, 0.25) is 0 Å². The number of fused-ring (bicyclic) bond motifs is 2. The van der Waals surface area contributed by atoms with Gasteiger partial charge < -0.3 is 10.3 Å². The summed E-state index contributed by atoms with van der Waals surface area (Å²) in [6, 6.07) is 14.2. The molecule has 5 heteroatoms. The summed E-state index contributed by atoms with van der Waals surface area (Å²) in [5, 5.41) is 5.52. The Hall–Kier alpha value is -2.40. The maximum absolute atomic E-state index is 4.42. The van der Waals surface area contributed by atoms with Crippen LogP contribution < -0.4 is 5.32 Å². The van der Waals surface area contributed by atoms with Crippen LogP contribution in [0.1, 0.15) is 0 Å². The van der Waals surface area contributed by atoms with Crippen LogP contribution in [0.5, 0.6) is 0 Å². The number of rotatable bonds is 2. The molecular weight excluding hydrogens is 328 g/mol. The van der Waals surface area contributed by atoms with Gasteiger partial charge in [0.05, 0.1) is 17.4 Å². The van der Waals surface area contributed by atoms with Crippen LogP contribution in [0.2, 0.25) is 0 Å². The zero-order valence-electron chi connectivity index (χ0n) is 11.0. The molecule has 0 saturated heterocycles. The summed E-state index contributed by atoms with van der Waals surface area (Å²) in [5.74, 6) is 0.824. The molecule has 4 aromatic rings. The smallest absolute Gasteiger partial charge is 0.141 e. The largest absolute Gasteiger partial charge is 0.346 e. The van der Waals surface area contributed by atoms with Gasteiger partial charge in [0.15, 0.2) is 0 Å². The molecule has 0 aliphatic rings. The Morgan fingerprint density at radius 2 is 2.00 bits per heavy atom. The highest BCUT2D eigenvalue weighted by molar-refractivity contribution is 9.10. The Balaban J connectivity index is 1.87. The third-order valence-electron chi connectivity index (χ3n) is 3.39. The van der Waals surface area contributed by atoms with Gasteiger partial charge in [-0.2, -0.15) is 0 Å². The molecule has 2 heterocycles. The lowest BCUT2D eigenvalue weighted by atomic mass is 10.1. The second-order valence-corrected chi connectivity index (χ2v) is 5.70. The van der Waals surface area contributed by atoms with Crippen molar-refractivity contribution in [3.8, 4) is 0 Å². The molecule has 0 saturated carbocycles. The average molecular weight is 339 g/mol. The van der Waals surface area contributed by atoms with E-state index in [-0.39, 0.29) is 0 Å². The van der Waals surface area contributed by atoms with Crippen molar-refractivity contribution in [1.29, 1.82) is 0 Å². The van der Waals surface area contributed by atoms with E-state index in [1.807, 2.05) is 42.6 Å². The predicted octanol–water partition coefficient (Wildman–Crippen LogP) is 4.62. The van der Waals surface area contributed by atoms with E-state index in [0.717, 1.165) is 37.8 Å². The van der Waals surface area contributed by atoms with E-state index in [1.54, 1.807) is 6.33 Å². The third-order valence-corrected chi connectivity index (χ3v) is 3.88. The molecule has 2 aromatic heterocycles. The Bertz CT molecular complexity index is 945. The molecule has 2 aromatic carbocycles. The minimum absolute atomic E-state index is 0.824. The fourth-order valence-corrected chi connectivity index (χ4v) is 2.80. The molecule has 0 amide bonds. The first-order valence-electron chi connectivity index (χ1n) is 6.54. The molecule has 0 spiro atoms. The van der Waals surface area contributed by atoms with Gasteiger partial charge in [0, 0.05) is 27.1 Å². The first-order chi connectivity index (χ1) is 10.3. The molecular formula is C16H11BrN4. The van der Waals surface area contributed by atoms with E-state index in [9.17, 15) is 0 Å². The molecule has 4 rings (SSSR count).